The van der Waals surface area contributed by atoms with Crippen molar-refractivity contribution in [1.82, 2.24) is 20.4 Å². The highest BCUT2D eigenvalue weighted by Crippen LogP contribution is 2.42. The van der Waals surface area contributed by atoms with E-state index in [1.54, 1.807) is 6.07 Å². The fourth-order valence-electron chi connectivity index (χ4n) is 4.30. The number of hydrogen-bond donors (Lipinski definition) is 2. The number of aryl methyl sites for hydroxylation is 2. The van der Waals surface area contributed by atoms with Crippen LogP contribution >= 0.6 is 11.3 Å². The van der Waals surface area contributed by atoms with Gasteiger partial charge < -0.3 is 15.4 Å². The minimum absolute atomic E-state index is 0.187. The summed E-state index contributed by atoms with van der Waals surface area (Å²) in [5.74, 6) is -2.88. The van der Waals surface area contributed by atoms with Crippen LogP contribution in [0.2, 0.25) is 0 Å². The Morgan fingerprint density at radius 3 is 2.61 bits per heavy atom. The molecule has 0 radical (unpaired) electrons. The maximum atomic E-state index is 13.0. The van der Waals surface area contributed by atoms with E-state index in [0.29, 0.717) is 30.4 Å². The van der Waals surface area contributed by atoms with Crippen molar-refractivity contribution < 1.29 is 23.1 Å². The van der Waals surface area contributed by atoms with Crippen molar-refractivity contribution in [3.63, 3.8) is 0 Å². The van der Waals surface area contributed by atoms with Crippen LogP contribution in [0.4, 0.5) is 19.7 Å². The van der Waals surface area contributed by atoms with E-state index in [1.165, 1.54) is 11.3 Å². The van der Waals surface area contributed by atoms with Crippen molar-refractivity contribution in [3.8, 4) is 5.75 Å². The van der Waals surface area contributed by atoms with Gasteiger partial charge in [0.2, 0.25) is 22.9 Å². The summed E-state index contributed by atoms with van der Waals surface area (Å²) in [5, 5.41) is 22.8. The Morgan fingerprint density at radius 1 is 1.02 bits per heavy atom. The summed E-state index contributed by atoms with van der Waals surface area (Å²) in [6.07, 6.45) is 7.28. The number of carbonyl (C=O) groups is 2. The number of benzene rings is 1. The normalized spacial score (nSPS) is 14.2. The maximum Gasteiger partial charge on any atom is 0.249 e. The van der Waals surface area contributed by atoms with Crippen molar-refractivity contribution in [2.75, 3.05) is 17.2 Å². The number of nitrogens with one attached hydrogen (secondary N) is 2. The predicted molar refractivity (Wildman–Crippen MR) is 153 cm³/mol. The first-order chi connectivity index (χ1) is 19.8. The second-order valence-corrected chi connectivity index (χ2v) is 11.1. The van der Waals surface area contributed by atoms with Crippen LogP contribution in [-0.4, -0.2) is 44.7 Å². The van der Waals surface area contributed by atoms with Gasteiger partial charge in [0.05, 0.1) is 18.7 Å². The number of nitrogens with zero attached hydrogens (tertiary/aromatic N) is 4. The maximum absolute atomic E-state index is 13.0. The molecule has 2 amide bonds. The van der Waals surface area contributed by atoms with Gasteiger partial charge in [-0.1, -0.05) is 29.5 Å². The summed E-state index contributed by atoms with van der Waals surface area (Å²) in [4.78, 5) is 24.5. The molecule has 9 nitrogen and oxygen atoms in total. The molecule has 0 saturated heterocycles. The lowest BCUT2D eigenvalue weighted by molar-refractivity contribution is -0.145. The molecular weight excluding hydrogens is 550 g/mol. The number of ether oxygens (including phenoxy) is 1. The van der Waals surface area contributed by atoms with Crippen molar-refractivity contribution in [1.29, 1.82) is 0 Å². The number of alkyl halides is 2. The van der Waals surface area contributed by atoms with E-state index in [2.05, 4.69) is 37.6 Å². The number of rotatable bonds is 16. The number of unbranched alkanes of at least 4 members (excludes halogenated alkanes) is 3. The first-order valence-electron chi connectivity index (χ1n) is 13.8. The van der Waals surface area contributed by atoms with E-state index in [1.807, 2.05) is 36.4 Å². The predicted octanol–water partition coefficient (Wildman–Crippen LogP) is 5.79. The monoisotopic (exact) mass is 584 g/mol. The van der Waals surface area contributed by atoms with Crippen molar-refractivity contribution in [2.24, 2.45) is 5.92 Å². The minimum atomic E-state index is -2.74. The highest BCUT2D eigenvalue weighted by molar-refractivity contribution is 7.15. The molecule has 1 aliphatic carbocycles. The molecule has 1 aliphatic rings. The molecule has 0 atom stereocenters. The zero-order valence-corrected chi connectivity index (χ0v) is 23.6. The Balaban J connectivity index is 1.12. The molecule has 0 spiro atoms. The molecule has 0 aliphatic heterocycles. The Kier molecular flexibility index (Phi) is 10.8. The van der Waals surface area contributed by atoms with Crippen LogP contribution in [0.5, 0.6) is 5.75 Å². The van der Waals surface area contributed by atoms with Gasteiger partial charge in [-0.2, -0.15) is 5.10 Å². The van der Waals surface area contributed by atoms with Gasteiger partial charge in [0, 0.05) is 25.2 Å². The zero-order chi connectivity index (χ0) is 29.1. The smallest absolute Gasteiger partial charge is 0.249 e. The van der Waals surface area contributed by atoms with Gasteiger partial charge >= 0.3 is 0 Å². The van der Waals surface area contributed by atoms with Crippen LogP contribution in [0.25, 0.3) is 0 Å². The molecule has 2 heterocycles. The largest absolute Gasteiger partial charge is 0.494 e. The average Bonchev–Trinajstić information content (AvgIpc) is 3.37. The Morgan fingerprint density at radius 2 is 1.85 bits per heavy atom. The first-order valence-corrected chi connectivity index (χ1v) is 14.6. The summed E-state index contributed by atoms with van der Waals surface area (Å²) in [6.45, 7) is 4.34. The fourth-order valence-corrected chi connectivity index (χ4v) is 5.08. The summed E-state index contributed by atoms with van der Waals surface area (Å²) in [5.41, 5.74) is 1.66. The van der Waals surface area contributed by atoms with E-state index < -0.39 is 30.6 Å². The topological polar surface area (TPSA) is 119 Å². The average molecular weight is 585 g/mol. The fraction of sp³-hybridized carbons (Fsp3) is 0.448. The number of aromatic nitrogens is 4. The SMILES string of the molecule is C=CCCCCOc1cccc(CC(=O)Nc2ccc(CCCCc3nnc(NC(=O)C4CC(F)(F)C4)s3)nn2)c1. The van der Waals surface area contributed by atoms with Crippen LogP contribution in [-0.2, 0) is 28.9 Å². The van der Waals surface area contributed by atoms with Crippen molar-refractivity contribution in [2.45, 2.75) is 70.1 Å². The molecule has 1 saturated carbocycles. The number of amides is 2. The van der Waals surface area contributed by atoms with Gasteiger partial charge in [0.1, 0.15) is 10.8 Å². The van der Waals surface area contributed by atoms with Crippen LogP contribution in [0.15, 0.2) is 49.1 Å². The first kappa shape index (κ1) is 30.2. The summed E-state index contributed by atoms with van der Waals surface area (Å²) in [7, 11) is 0. The third kappa shape index (κ3) is 9.96. The Hall–Kier alpha value is -3.80. The minimum Gasteiger partial charge on any atom is -0.494 e. The molecule has 0 bridgehead atoms. The molecule has 3 aromatic rings. The van der Waals surface area contributed by atoms with Gasteiger partial charge in [-0.3, -0.25) is 9.59 Å². The van der Waals surface area contributed by atoms with E-state index in [0.717, 1.165) is 54.1 Å². The lowest BCUT2D eigenvalue weighted by atomic mass is 9.81. The van der Waals surface area contributed by atoms with Gasteiger partial charge in [-0.15, -0.1) is 21.9 Å². The second-order valence-electron chi connectivity index (χ2n) is 10.1. The molecule has 2 aromatic heterocycles. The zero-order valence-electron chi connectivity index (χ0n) is 22.8. The molecule has 0 unspecified atom stereocenters. The second kappa shape index (κ2) is 14.7. The number of halogens is 2. The summed E-state index contributed by atoms with van der Waals surface area (Å²) in [6, 6.07) is 11.1. The van der Waals surface area contributed by atoms with Crippen LogP contribution in [0, 0.1) is 5.92 Å². The number of anilines is 2. The molecule has 41 heavy (non-hydrogen) atoms. The Labute approximate surface area is 241 Å². The Bertz CT molecular complexity index is 1310. The van der Waals surface area contributed by atoms with E-state index in [9.17, 15) is 18.4 Å². The van der Waals surface area contributed by atoms with Gasteiger partial charge in [-0.25, -0.2) is 8.78 Å². The number of carbonyl (C=O) groups excluding carboxylic acids is 2. The lowest BCUT2D eigenvalue weighted by Crippen LogP contribution is -2.42. The summed E-state index contributed by atoms with van der Waals surface area (Å²) < 4.78 is 31.7. The highest BCUT2D eigenvalue weighted by atomic mass is 32.1. The number of hydrogen-bond acceptors (Lipinski definition) is 8. The molecule has 218 valence electrons. The highest BCUT2D eigenvalue weighted by Gasteiger charge is 2.48. The van der Waals surface area contributed by atoms with Crippen LogP contribution in [0.3, 0.4) is 0 Å². The van der Waals surface area contributed by atoms with Crippen LogP contribution < -0.4 is 15.4 Å². The van der Waals surface area contributed by atoms with Gasteiger partial charge in [0.25, 0.3) is 0 Å². The summed E-state index contributed by atoms with van der Waals surface area (Å²) >= 11 is 1.25. The van der Waals surface area contributed by atoms with E-state index in [4.69, 9.17) is 4.74 Å². The van der Waals surface area contributed by atoms with Gasteiger partial charge in [0.15, 0.2) is 5.82 Å². The van der Waals surface area contributed by atoms with E-state index >= 15 is 0 Å². The van der Waals surface area contributed by atoms with Crippen LogP contribution in [0.1, 0.15) is 61.2 Å². The molecule has 2 N–H and O–H groups in total. The van der Waals surface area contributed by atoms with Crippen molar-refractivity contribution >= 4 is 34.1 Å². The number of allylic oxidation sites excluding steroid dienone is 1. The van der Waals surface area contributed by atoms with E-state index in [-0.39, 0.29) is 12.3 Å². The third-order valence-electron chi connectivity index (χ3n) is 6.55. The molecule has 1 aromatic carbocycles. The molecule has 1 fully saturated rings. The quantitative estimate of drug-likeness (QED) is 0.161. The van der Waals surface area contributed by atoms with Crippen molar-refractivity contribution in [3.05, 3.63) is 65.3 Å². The lowest BCUT2D eigenvalue weighted by Gasteiger charge is -2.33. The third-order valence-corrected chi connectivity index (χ3v) is 7.45. The molecule has 12 heteroatoms. The standard InChI is InChI=1S/C29H34F2N6O3S/c1-2-3-4-7-15-40-23-11-8-9-20(16-23)17-25(38)32-24-14-13-22(34-35-24)10-5-6-12-26-36-37-28(41-26)33-27(39)21-18-29(30,31)19-21/h2,8-9,11,13-14,16,21H,1,3-7,10,12,15,17-19H2,(H,32,35,38)(H,33,37,39). The van der Waals surface area contributed by atoms with Gasteiger partial charge in [-0.05, 0) is 68.4 Å². The molecule has 4 rings (SSSR count). The molecular formula is C29H34F2N6O3S.